The quantitative estimate of drug-likeness (QED) is 0.328. The van der Waals surface area contributed by atoms with E-state index < -0.39 is 5.54 Å². The number of nitrogens with one attached hydrogen (secondary N) is 3. The zero-order valence-electron chi connectivity index (χ0n) is 21.0. The van der Waals surface area contributed by atoms with Crippen LogP contribution in [0.3, 0.4) is 0 Å². The number of nitrogens with zero attached hydrogens (tertiary/aromatic N) is 5. The fourth-order valence-electron chi connectivity index (χ4n) is 4.63. The van der Waals surface area contributed by atoms with Crippen LogP contribution in [0.1, 0.15) is 42.5 Å². The lowest BCUT2D eigenvalue weighted by atomic mass is 10.0. The summed E-state index contributed by atoms with van der Waals surface area (Å²) in [5.41, 5.74) is 3.33. The molecular formula is C25H31ClN8OS. The first kappa shape index (κ1) is 25.9. The molecule has 4 heterocycles. The molecule has 1 unspecified atom stereocenters. The number of aromatic amines is 1. The second-order valence-corrected chi connectivity index (χ2v) is 10.5. The summed E-state index contributed by atoms with van der Waals surface area (Å²) >= 11 is 1.59. The van der Waals surface area contributed by atoms with Gasteiger partial charge in [-0.15, -0.1) is 23.7 Å². The minimum Gasteiger partial charge on any atom is -0.330 e. The molecule has 0 radical (unpaired) electrons. The highest BCUT2D eigenvalue weighted by Gasteiger charge is 2.44. The summed E-state index contributed by atoms with van der Waals surface area (Å²) in [4.78, 5) is 26.6. The summed E-state index contributed by atoms with van der Waals surface area (Å²) < 4.78 is 0.980. The molecule has 0 spiro atoms. The third-order valence-corrected chi connectivity index (χ3v) is 7.33. The second-order valence-electron chi connectivity index (χ2n) is 9.63. The van der Waals surface area contributed by atoms with E-state index in [2.05, 4.69) is 35.7 Å². The Labute approximate surface area is 220 Å². The van der Waals surface area contributed by atoms with Crippen LogP contribution < -0.4 is 10.6 Å². The highest BCUT2D eigenvalue weighted by atomic mass is 35.5. The number of carbonyl (C=O) groups is 1. The van der Waals surface area contributed by atoms with E-state index >= 15 is 0 Å². The Balaban J connectivity index is 0.00000304. The number of aryl methyl sites for hydroxylation is 1. The number of urea groups is 1. The first-order valence-electron chi connectivity index (χ1n) is 11.6. The van der Waals surface area contributed by atoms with E-state index in [0.29, 0.717) is 24.7 Å². The molecule has 0 saturated carbocycles. The number of benzene rings is 1. The Hall–Kier alpha value is -3.21. The van der Waals surface area contributed by atoms with Crippen LogP contribution in [0.25, 0.3) is 10.2 Å². The van der Waals surface area contributed by atoms with Crippen LogP contribution in [0.5, 0.6) is 0 Å². The molecule has 36 heavy (non-hydrogen) atoms. The first-order chi connectivity index (χ1) is 16.7. The van der Waals surface area contributed by atoms with Crippen molar-refractivity contribution >= 4 is 51.6 Å². The van der Waals surface area contributed by atoms with E-state index in [0.717, 1.165) is 32.9 Å². The van der Waals surface area contributed by atoms with Crippen LogP contribution in [0.4, 0.5) is 16.4 Å². The van der Waals surface area contributed by atoms with Crippen LogP contribution in [-0.2, 0) is 12.1 Å². The number of H-pyrrole nitrogens is 1. The maximum absolute atomic E-state index is 13.6. The molecule has 5 rings (SSSR count). The second kappa shape index (κ2) is 10.0. The third kappa shape index (κ3) is 4.76. The lowest BCUT2D eigenvalue weighted by Crippen LogP contribution is -2.48. The molecule has 1 atom stereocenters. The molecule has 0 bridgehead atoms. The Morgan fingerprint density at radius 3 is 2.67 bits per heavy atom. The van der Waals surface area contributed by atoms with Crippen molar-refractivity contribution in [2.45, 2.75) is 38.9 Å². The number of aromatic nitrogens is 4. The highest BCUT2D eigenvalue weighted by molar-refractivity contribution is 7.17. The Kier molecular flexibility index (Phi) is 7.21. The van der Waals surface area contributed by atoms with Crippen molar-refractivity contribution in [3.63, 3.8) is 0 Å². The van der Waals surface area contributed by atoms with Gasteiger partial charge in [0, 0.05) is 12.1 Å². The predicted molar refractivity (Wildman–Crippen MR) is 146 cm³/mol. The molecule has 2 amide bonds. The number of rotatable bonds is 6. The number of thiophene rings is 1. The summed E-state index contributed by atoms with van der Waals surface area (Å²) in [7, 11) is 4.02. The van der Waals surface area contributed by atoms with Gasteiger partial charge in [0.15, 0.2) is 11.6 Å². The monoisotopic (exact) mass is 526 g/mol. The maximum Gasteiger partial charge on any atom is 0.319 e. The van der Waals surface area contributed by atoms with Gasteiger partial charge in [-0.25, -0.2) is 14.8 Å². The number of hydrogen-bond acceptors (Lipinski definition) is 7. The van der Waals surface area contributed by atoms with Crippen molar-refractivity contribution < 1.29 is 4.79 Å². The number of amides is 2. The zero-order chi connectivity index (χ0) is 24.7. The molecule has 1 aliphatic heterocycles. The minimum absolute atomic E-state index is 0. The predicted octanol–water partition coefficient (Wildman–Crippen LogP) is 4.95. The standard InChI is InChI=1S/C25H30N8OS.ClH/c1-15-26-18-11-12-35-20(18)23(27-15)29-22-17-13-33(25(2,3)21(17)30-31-22)24(34)28-19(14-32(4)5)16-9-7-6-8-10-16;/h6-12,19H,13-14H2,1-5H3,(H,28,34)(H2,26,27,29,30,31);1H. The van der Waals surface area contributed by atoms with Gasteiger partial charge >= 0.3 is 6.03 Å². The van der Waals surface area contributed by atoms with E-state index in [4.69, 9.17) is 0 Å². The summed E-state index contributed by atoms with van der Waals surface area (Å²) in [6.07, 6.45) is 0. The molecule has 3 N–H and O–H groups in total. The highest BCUT2D eigenvalue weighted by Crippen LogP contribution is 2.41. The molecule has 0 saturated heterocycles. The molecule has 1 aliphatic rings. The first-order valence-corrected chi connectivity index (χ1v) is 12.5. The SMILES string of the molecule is Cc1nc(Nc2n[nH]c3c2CN(C(=O)NC(CN(C)C)c2ccccc2)C3(C)C)c2sccc2n1.Cl. The Morgan fingerprint density at radius 2 is 1.94 bits per heavy atom. The van der Waals surface area contributed by atoms with Gasteiger partial charge in [0.05, 0.1) is 34.0 Å². The normalized spacial score (nSPS) is 15.0. The molecule has 4 aromatic rings. The smallest absolute Gasteiger partial charge is 0.319 e. The van der Waals surface area contributed by atoms with E-state index in [1.54, 1.807) is 11.3 Å². The van der Waals surface area contributed by atoms with Gasteiger partial charge in [0.2, 0.25) is 0 Å². The van der Waals surface area contributed by atoms with Crippen LogP contribution in [0.15, 0.2) is 41.8 Å². The number of carbonyl (C=O) groups excluding carboxylic acids is 1. The molecule has 3 aromatic heterocycles. The van der Waals surface area contributed by atoms with Crippen molar-refractivity contribution in [3.05, 3.63) is 64.4 Å². The van der Waals surface area contributed by atoms with Gasteiger partial charge in [0.25, 0.3) is 0 Å². The lowest BCUT2D eigenvalue weighted by Gasteiger charge is -2.34. The van der Waals surface area contributed by atoms with Gasteiger partial charge in [-0.05, 0) is 51.9 Å². The maximum atomic E-state index is 13.6. The Morgan fingerprint density at radius 1 is 1.19 bits per heavy atom. The summed E-state index contributed by atoms with van der Waals surface area (Å²) in [6, 6.07) is 11.8. The average Bonchev–Trinajstić information content (AvgIpc) is 3.50. The van der Waals surface area contributed by atoms with E-state index in [-0.39, 0.29) is 24.5 Å². The molecule has 0 aliphatic carbocycles. The topological polar surface area (TPSA) is 102 Å². The fraction of sp³-hybridized carbons (Fsp3) is 0.360. The number of hydrogen-bond donors (Lipinski definition) is 3. The lowest BCUT2D eigenvalue weighted by molar-refractivity contribution is 0.138. The van der Waals surface area contributed by atoms with E-state index in [1.165, 1.54) is 0 Å². The summed E-state index contributed by atoms with van der Waals surface area (Å²) in [5, 5.41) is 16.4. The third-order valence-electron chi connectivity index (χ3n) is 6.41. The van der Waals surface area contributed by atoms with Crippen molar-refractivity contribution in [2.75, 3.05) is 26.0 Å². The molecule has 0 fully saturated rings. The van der Waals surface area contributed by atoms with Gasteiger partial charge in [-0.3, -0.25) is 5.10 Å². The molecular weight excluding hydrogens is 496 g/mol. The Bertz CT molecular complexity index is 1370. The van der Waals surface area contributed by atoms with Crippen LogP contribution in [0.2, 0.25) is 0 Å². The van der Waals surface area contributed by atoms with Crippen molar-refractivity contribution in [1.29, 1.82) is 0 Å². The minimum atomic E-state index is -0.550. The fourth-order valence-corrected chi connectivity index (χ4v) is 5.41. The molecule has 1 aromatic carbocycles. The molecule has 9 nitrogen and oxygen atoms in total. The molecule has 190 valence electrons. The van der Waals surface area contributed by atoms with Gasteiger partial charge < -0.3 is 20.4 Å². The number of fused-ring (bicyclic) bond motifs is 2. The van der Waals surface area contributed by atoms with E-state index in [1.807, 2.05) is 81.5 Å². The largest absolute Gasteiger partial charge is 0.330 e. The average molecular weight is 527 g/mol. The number of likely N-dealkylation sites (N-methyl/N-ethyl adjacent to an activating group) is 1. The van der Waals surface area contributed by atoms with Gasteiger partial charge in [-0.1, -0.05) is 30.3 Å². The number of anilines is 2. The van der Waals surface area contributed by atoms with Crippen molar-refractivity contribution in [3.8, 4) is 0 Å². The van der Waals surface area contributed by atoms with E-state index in [9.17, 15) is 4.79 Å². The van der Waals surface area contributed by atoms with Crippen LogP contribution in [0, 0.1) is 6.92 Å². The zero-order valence-corrected chi connectivity index (χ0v) is 22.6. The van der Waals surface area contributed by atoms with Crippen molar-refractivity contribution in [2.24, 2.45) is 0 Å². The van der Waals surface area contributed by atoms with Crippen LogP contribution >= 0.6 is 23.7 Å². The van der Waals surface area contributed by atoms with Gasteiger partial charge in [0.1, 0.15) is 5.82 Å². The summed E-state index contributed by atoms with van der Waals surface area (Å²) in [6.45, 7) is 7.09. The molecule has 11 heteroatoms. The number of halogens is 1. The summed E-state index contributed by atoms with van der Waals surface area (Å²) in [5.74, 6) is 2.11. The van der Waals surface area contributed by atoms with Gasteiger partial charge in [-0.2, -0.15) is 5.10 Å². The van der Waals surface area contributed by atoms with Crippen molar-refractivity contribution in [1.82, 2.24) is 35.3 Å². The van der Waals surface area contributed by atoms with Crippen LogP contribution in [-0.4, -0.2) is 56.6 Å².